The van der Waals surface area contributed by atoms with E-state index < -0.39 is 5.41 Å². The van der Waals surface area contributed by atoms with E-state index in [0.29, 0.717) is 19.6 Å². The van der Waals surface area contributed by atoms with Crippen molar-refractivity contribution in [2.24, 2.45) is 5.41 Å². The number of benzene rings is 1. The number of carbonyl (C=O) groups excluding carboxylic acids is 1. The van der Waals surface area contributed by atoms with E-state index in [1.165, 1.54) is 12.7 Å². The molecular weight excluding hydrogens is 284 g/mol. The van der Waals surface area contributed by atoms with Crippen molar-refractivity contribution in [1.82, 2.24) is 0 Å². The van der Waals surface area contributed by atoms with Gasteiger partial charge in [0.05, 0.1) is 20.3 Å². The number of methoxy groups -OCH3 is 1. The highest BCUT2D eigenvalue weighted by Crippen LogP contribution is 2.34. The minimum Gasteiger partial charge on any atom is -0.468 e. The van der Waals surface area contributed by atoms with E-state index in [2.05, 4.69) is 22.0 Å². The minimum absolute atomic E-state index is 0.178. The van der Waals surface area contributed by atoms with Gasteiger partial charge >= 0.3 is 5.97 Å². The zero-order chi connectivity index (χ0) is 12.5. The van der Waals surface area contributed by atoms with Crippen LogP contribution in [0.2, 0.25) is 0 Å². The molecule has 17 heavy (non-hydrogen) atoms. The van der Waals surface area contributed by atoms with Crippen LogP contribution in [0.4, 0.5) is 0 Å². The molecule has 0 spiro atoms. The summed E-state index contributed by atoms with van der Waals surface area (Å²) >= 11 is 3.45. The Morgan fingerprint density at radius 2 is 2.24 bits per heavy atom. The van der Waals surface area contributed by atoms with Gasteiger partial charge in [-0.2, -0.15) is 0 Å². The third-order valence-corrected chi connectivity index (χ3v) is 3.71. The maximum Gasteiger partial charge on any atom is 0.316 e. The summed E-state index contributed by atoms with van der Waals surface area (Å²) in [6.45, 7) is 2.95. The lowest BCUT2D eigenvalue weighted by Crippen LogP contribution is -2.51. The van der Waals surface area contributed by atoms with Crippen LogP contribution in [0.25, 0.3) is 0 Å². The Kier molecular flexibility index (Phi) is 3.54. The number of aryl methyl sites for hydroxylation is 1. The third kappa shape index (κ3) is 2.38. The highest BCUT2D eigenvalue weighted by atomic mass is 79.9. The van der Waals surface area contributed by atoms with Crippen LogP contribution in [-0.2, 0) is 20.7 Å². The average Bonchev–Trinajstić information content (AvgIpc) is 2.27. The van der Waals surface area contributed by atoms with E-state index in [9.17, 15) is 4.79 Å². The lowest BCUT2D eigenvalue weighted by Gasteiger charge is -2.38. The van der Waals surface area contributed by atoms with Gasteiger partial charge < -0.3 is 9.47 Å². The Morgan fingerprint density at radius 1 is 1.53 bits per heavy atom. The highest BCUT2D eigenvalue weighted by molar-refractivity contribution is 9.10. The molecule has 0 radical (unpaired) electrons. The molecule has 1 aromatic carbocycles. The van der Waals surface area contributed by atoms with Crippen molar-refractivity contribution in [2.75, 3.05) is 20.3 Å². The van der Waals surface area contributed by atoms with Crippen molar-refractivity contribution in [2.45, 2.75) is 13.3 Å². The maximum absolute atomic E-state index is 11.8. The Labute approximate surface area is 109 Å². The smallest absolute Gasteiger partial charge is 0.316 e. The van der Waals surface area contributed by atoms with Crippen molar-refractivity contribution in [3.05, 3.63) is 33.8 Å². The summed E-state index contributed by atoms with van der Waals surface area (Å²) in [5.41, 5.74) is 1.86. The minimum atomic E-state index is -0.486. The molecule has 92 valence electrons. The summed E-state index contributed by atoms with van der Waals surface area (Å²) < 4.78 is 11.1. The van der Waals surface area contributed by atoms with E-state index in [1.807, 2.05) is 19.1 Å². The lowest BCUT2D eigenvalue weighted by atomic mass is 9.79. The van der Waals surface area contributed by atoms with E-state index in [0.717, 1.165) is 10.0 Å². The molecule has 3 nitrogen and oxygen atoms in total. The number of hydrogen-bond acceptors (Lipinski definition) is 3. The van der Waals surface area contributed by atoms with Crippen LogP contribution in [0, 0.1) is 12.3 Å². The molecule has 1 aliphatic rings. The topological polar surface area (TPSA) is 35.5 Å². The van der Waals surface area contributed by atoms with Gasteiger partial charge in [-0.25, -0.2) is 0 Å². The number of esters is 1. The molecule has 0 unspecified atom stereocenters. The van der Waals surface area contributed by atoms with Gasteiger partial charge in [0.15, 0.2) is 0 Å². The standard InChI is InChI=1S/C13H15BrO3/c1-9-3-4-11(14)5-10(9)6-13(7-17-8-13)12(15)16-2/h3-5H,6-8H2,1-2H3. The molecule has 1 aromatic rings. The summed E-state index contributed by atoms with van der Waals surface area (Å²) in [7, 11) is 1.43. The summed E-state index contributed by atoms with van der Waals surface area (Å²) in [5, 5.41) is 0. The molecule has 0 aliphatic carbocycles. The Hall–Kier alpha value is -0.870. The lowest BCUT2D eigenvalue weighted by molar-refractivity contribution is -0.182. The third-order valence-electron chi connectivity index (χ3n) is 3.22. The predicted molar refractivity (Wildman–Crippen MR) is 67.9 cm³/mol. The Morgan fingerprint density at radius 3 is 2.76 bits per heavy atom. The summed E-state index contributed by atoms with van der Waals surface area (Å²) in [6, 6.07) is 6.10. The second-order valence-electron chi connectivity index (χ2n) is 4.51. The van der Waals surface area contributed by atoms with E-state index in [-0.39, 0.29) is 5.97 Å². The largest absolute Gasteiger partial charge is 0.468 e. The maximum atomic E-state index is 11.8. The van der Waals surface area contributed by atoms with E-state index >= 15 is 0 Å². The van der Waals surface area contributed by atoms with Gasteiger partial charge in [-0.05, 0) is 36.6 Å². The summed E-state index contributed by atoms with van der Waals surface area (Å²) in [6.07, 6.45) is 0.672. The molecule has 1 saturated heterocycles. The Balaban J connectivity index is 2.24. The molecule has 0 N–H and O–H groups in total. The zero-order valence-corrected chi connectivity index (χ0v) is 11.5. The highest BCUT2D eigenvalue weighted by Gasteiger charge is 2.47. The summed E-state index contributed by atoms with van der Waals surface area (Å²) in [5.74, 6) is -0.178. The van der Waals surface area contributed by atoms with Crippen LogP contribution in [-0.4, -0.2) is 26.3 Å². The molecule has 0 atom stereocenters. The van der Waals surface area contributed by atoms with E-state index in [1.54, 1.807) is 0 Å². The van der Waals surface area contributed by atoms with Gasteiger partial charge in [0.25, 0.3) is 0 Å². The average molecular weight is 299 g/mol. The molecular formula is C13H15BrO3. The monoisotopic (exact) mass is 298 g/mol. The van der Waals surface area contributed by atoms with Crippen LogP contribution >= 0.6 is 15.9 Å². The molecule has 0 bridgehead atoms. The van der Waals surface area contributed by atoms with Crippen LogP contribution < -0.4 is 0 Å². The number of rotatable bonds is 3. The van der Waals surface area contributed by atoms with E-state index in [4.69, 9.17) is 9.47 Å². The fourth-order valence-corrected chi connectivity index (χ4v) is 2.46. The van der Waals surface area contributed by atoms with Crippen molar-refractivity contribution in [1.29, 1.82) is 0 Å². The van der Waals surface area contributed by atoms with Gasteiger partial charge in [0.1, 0.15) is 5.41 Å². The molecule has 4 heteroatoms. The van der Waals surface area contributed by atoms with Crippen molar-refractivity contribution >= 4 is 21.9 Å². The summed E-state index contributed by atoms with van der Waals surface area (Å²) in [4.78, 5) is 11.8. The molecule has 1 aliphatic heterocycles. The van der Waals surface area contributed by atoms with Crippen molar-refractivity contribution in [3.8, 4) is 0 Å². The number of carbonyl (C=O) groups is 1. The zero-order valence-electron chi connectivity index (χ0n) is 9.96. The number of halogens is 1. The molecule has 1 fully saturated rings. The number of ether oxygens (including phenoxy) is 2. The quantitative estimate of drug-likeness (QED) is 0.804. The first-order valence-electron chi connectivity index (χ1n) is 5.49. The fourth-order valence-electron chi connectivity index (χ4n) is 2.05. The van der Waals surface area contributed by atoms with Gasteiger partial charge in [-0.3, -0.25) is 4.79 Å². The van der Waals surface area contributed by atoms with Crippen LogP contribution in [0.5, 0.6) is 0 Å². The molecule has 0 saturated carbocycles. The molecule has 1 heterocycles. The first kappa shape index (κ1) is 12.6. The fraction of sp³-hybridized carbons (Fsp3) is 0.462. The van der Waals surface area contributed by atoms with Crippen LogP contribution in [0.3, 0.4) is 0 Å². The van der Waals surface area contributed by atoms with Gasteiger partial charge in [0, 0.05) is 4.47 Å². The second-order valence-corrected chi connectivity index (χ2v) is 5.43. The second kappa shape index (κ2) is 4.78. The predicted octanol–water partition coefficient (Wildman–Crippen LogP) is 2.49. The number of hydrogen-bond donors (Lipinski definition) is 0. The molecule has 2 rings (SSSR count). The molecule has 0 amide bonds. The van der Waals surface area contributed by atoms with Crippen LogP contribution in [0.1, 0.15) is 11.1 Å². The van der Waals surface area contributed by atoms with Gasteiger partial charge in [-0.1, -0.05) is 22.0 Å². The Bertz CT molecular complexity index is 438. The van der Waals surface area contributed by atoms with Crippen LogP contribution in [0.15, 0.2) is 22.7 Å². The van der Waals surface area contributed by atoms with Crippen molar-refractivity contribution < 1.29 is 14.3 Å². The molecule has 0 aromatic heterocycles. The first-order chi connectivity index (χ1) is 8.07. The van der Waals surface area contributed by atoms with Gasteiger partial charge in [-0.15, -0.1) is 0 Å². The SMILES string of the molecule is COC(=O)C1(Cc2cc(Br)ccc2C)COC1. The van der Waals surface area contributed by atoms with Gasteiger partial charge in [0.2, 0.25) is 0 Å². The first-order valence-corrected chi connectivity index (χ1v) is 6.28. The van der Waals surface area contributed by atoms with Crippen molar-refractivity contribution in [3.63, 3.8) is 0 Å². The normalized spacial score (nSPS) is 17.4.